The maximum Gasteiger partial charge on any atom is 0.306 e. The summed E-state index contributed by atoms with van der Waals surface area (Å²) in [6.07, 6.45) is 2.71. The Morgan fingerprint density at radius 1 is 1.47 bits per heavy atom. The number of thioether (sulfide) groups is 1. The van der Waals surface area contributed by atoms with Gasteiger partial charge >= 0.3 is 5.97 Å². The van der Waals surface area contributed by atoms with E-state index in [0.717, 1.165) is 23.6 Å². The first-order valence-electron chi connectivity index (χ1n) is 6.47. The molecule has 4 nitrogen and oxygen atoms in total. The second kappa shape index (κ2) is 6.28. The van der Waals surface area contributed by atoms with E-state index >= 15 is 0 Å². The molecule has 1 saturated carbocycles. The van der Waals surface area contributed by atoms with Crippen LogP contribution in [0.2, 0.25) is 0 Å². The van der Waals surface area contributed by atoms with Crippen molar-refractivity contribution < 1.29 is 14.3 Å². The molecule has 1 aromatic heterocycles. The smallest absolute Gasteiger partial charge is 0.306 e. The fraction of sp³-hybridized carbons (Fsp3) is 0.571. The Kier molecular flexibility index (Phi) is 4.69. The summed E-state index contributed by atoms with van der Waals surface area (Å²) in [6, 6.07) is 5.77. The van der Waals surface area contributed by atoms with E-state index in [9.17, 15) is 4.79 Å². The van der Waals surface area contributed by atoms with Crippen LogP contribution in [0.3, 0.4) is 0 Å². The lowest BCUT2D eigenvalue weighted by Crippen LogP contribution is -2.13. The standard InChI is InChI=1S/C14H19NO3S/c1-3-18-11-5-4-6-12(15-11)19-10-14(7-8-14)9-13(16)17-2/h4-6H,3,7-10H2,1-2H3. The van der Waals surface area contributed by atoms with Crippen molar-refractivity contribution in [1.82, 2.24) is 4.98 Å². The number of hydrogen-bond acceptors (Lipinski definition) is 5. The van der Waals surface area contributed by atoms with Crippen LogP contribution in [0, 0.1) is 5.41 Å². The Labute approximate surface area is 117 Å². The SMILES string of the molecule is CCOc1cccc(SCC2(CC(=O)OC)CC2)n1. The van der Waals surface area contributed by atoms with Gasteiger partial charge in [0.25, 0.3) is 0 Å². The first-order valence-corrected chi connectivity index (χ1v) is 7.45. The number of methoxy groups -OCH3 is 1. The Hall–Kier alpha value is -1.23. The Morgan fingerprint density at radius 2 is 2.26 bits per heavy atom. The van der Waals surface area contributed by atoms with Gasteiger partial charge in [0.1, 0.15) is 5.03 Å². The average molecular weight is 281 g/mol. The molecule has 0 spiro atoms. The fourth-order valence-electron chi connectivity index (χ4n) is 1.86. The van der Waals surface area contributed by atoms with Crippen molar-refractivity contribution in [3.05, 3.63) is 18.2 Å². The third-order valence-electron chi connectivity index (χ3n) is 3.22. The van der Waals surface area contributed by atoms with Gasteiger partial charge in [-0.25, -0.2) is 4.98 Å². The van der Waals surface area contributed by atoms with E-state index in [1.165, 1.54) is 7.11 Å². The van der Waals surface area contributed by atoms with Gasteiger partial charge in [0, 0.05) is 11.8 Å². The number of ether oxygens (including phenoxy) is 2. The molecule has 19 heavy (non-hydrogen) atoms. The van der Waals surface area contributed by atoms with E-state index < -0.39 is 0 Å². The molecule has 0 N–H and O–H groups in total. The van der Waals surface area contributed by atoms with Crippen molar-refractivity contribution in [2.45, 2.75) is 31.2 Å². The van der Waals surface area contributed by atoms with Crippen molar-refractivity contribution in [2.24, 2.45) is 5.41 Å². The topological polar surface area (TPSA) is 48.4 Å². The lowest BCUT2D eigenvalue weighted by molar-refractivity contribution is -0.141. The molecule has 1 fully saturated rings. The van der Waals surface area contributed by atoms with Gasteiger partial charge in [0.2, 0.25) is 5.88 Å². The van der Waals surface area contributed by atoms with Gasteiger partial charge < -0.3 is 9.47 Å². The molecular weight excluding hydrogens is 262 g/mol. The molecule has 0 bridgehead atoms. The Morgan fingerprint density at radius 3 is 2.89 bits per heavy atom. The minimum Gasteiger partial charge on any atom is -0.478 e. The summed E-state index contributed by atoms with van der Waals surface area (Å²) in [4.78, 5) is 15.8. The van der Waals surface area contributed by atoms with Gasteiger partial charge in [-0.05, 0) is 31.2 Å². The molecule has 1 aromatic rings. The van der Waals surface area contributed by atoms with Crippen LogP contribution >= 0.6 is 11.8 Å². The minimum absolute atomic E-state index is 0.117. The van der Waals surface area contributed by atoms with Gasteiger partial charge in [-0.1, -0.05) is 6.07 Å². The van der Waals surface area contributed by atoms with Gasteiger partial charge in [-0.2, -0.15) is 0 Å². The number of carbonyl (C=O) groups excluding carboxylic acids is 1. The highest BCUT2D eigenvalue weighted by atomic mass is 32.2. The zero-order valence-corrected chi connectivity index (χ0v) is 12.2. The summed E-state index contributed by atoms with van der Waals surface area (Å²) in [7, 11) is 1.44. The van der Waals surface area contributed by atoms with E-state index in [1.54, 1.807) is 11.8 Å². The van der Waals surface area contributed by atoms with E-state index in [4.69, 9.17) is 9.47 Å². The largest absolute Gasteiger partial charge is 0.478 e. The molecule has 5 heteroatoms. The van der Waals surface area contributed by atoms with E-state index in [0.29, 0.717) is 18.9 Å². The maximum atomic E-state index is 11.4. The van der Waals surface area contributed by atoms with E-state index in [1.807, 2.05) is 25.1 Å². The number of pyridine rings is 1. The third kappa shape index (κ3) is 4.13. The zero-order valence-electron chi connectivity index (χ0n) is 11.3. The number of hydrogen-bond donors (Lipinski definition) is 0. The van der Waals surface area contributed by atoms with Gasteiger partial charge in [0.05, 0.1) is 20.1 Å². The molecule has 0 atom stereocenters. The highest BCUT2D eigenvalue weighted by Gasteiger charge is 2.44. The summed E-state index contributed by atoms with van der Waals surface area (Å²) in [5.41, 5.74) is 0.126. The second-order valence-electron chi connectivity index (χ2n) is 4.79. The molecule has 0 aliphatic heterocycles. The summed E-state index contributed by atoms with van der Waals surface area (Å²) < 4.78 is 10.1. The van der Waals surface area contributed by atoms with Gasteiger partial charge in [-0.3, -0.25) is 4.79 Å². The molecule has 0 radical (unpaired) electrons. The molecule has 0 aromatic carbocycles. The minimum atomic E-state index is -0.117. The van der Waals surface area contributed by atoms with Gasteiger partial charge in [-0.15, -0.1) is 11.8 Å². The molecule has 0 saturated heterocycles. The van der Waals surface area contributed by atoms with Crippen molar-refractivity contribution in [3.63, 3.8) is 0 Å². The average Bonchev–Trinajstić information content (AvgIpc) is 3.17. The number of nitrogens with zero attached hydrogens (tertiary/aromatic N) is 1. The highest BCUT2D eigenvalue weighted by molar-refractivity contribution is 7.99. The molecule has 0 amide bonds. The number of esters is 1. The maximum absolute atomic E-state index is 11.4. The normalized spacial score (nSPS) is 15.9. The molecule has 1 aliphatic carbocycles. The second-order valence-corrected chi connectivity index (χ2v) is 5.78. The van der Waals surface area contributed by atoms with Gasteiger partial charge in [0.15, 0.2) is 0 Å². The monoisotopic (exact) mass is 281 g/mol. The van der Waals surface area contributed by atoms with Crippen LogP contribution in [0.15, 0.2) is 23.2 Å². The summed E-state index contributed by atoms with van der Waals surface area (Å²) in [5.74, 6) is 1.45. The predicted molar refractivity (Wildman–Crippen MR) is 74.4 cm³/mol. The van der Waals surface area contributed by atoms with Crippen LogP contribution in [0.4, 0.5) is 0 Å². The molecular formula is C14H19NO3S. The fourth-order valence-corrected chi connectivity index (χ4v) is 3.03. The number of aromatic nitrogens is 1. The van der Waals surface area contributed by atoms with Crippen molar-refractivity contribution >= 4 is 17.7 Å². The zero-order chi connectivity index (χ0) is 13.7. The summed E-state index contributed by atoms with van der Waals surface area (Å²) >= 11 is 1.68. The summed E-state index contributed by atoms with van der Waals surface area (Å²) in [5, 5.41) is 0.946. The van der Waals surface area contributed by atoms with Crippen LogP contribution in [-0.4, -0.2) is 30.4 Å². The van der Waals surface area contributed by atoms with Crippen LogP contribution in [0.5, 0.6) is 5.88 Å². The van der Waals surface area contributed by atoms with Crippen LogP contribution < -0.4 is 4.74 Å². The quantitative estimate of drug-likeness (QED) is 0.568. The van der Waals surface area contributed by atoms with Crippen LogP contribution in [0.1, 0.15) is 26.2 Å². The lowest BCUT2D eigenvalue weighted by atomic mass is 10.1. The van der Waals surface area contributed by atoms with E-state index in [-0.39, 0.29) is 11.4 Å². The van der Waals surface area contributed by atoms with Crippen LogP contribution in [0.25, 0.3) is 0 Å². The third-order valence-corrected chi connectivity index (χ3v) is 4.50. The highest BCUT2D eigenvalue weighted by Crippen LogP contribution is 2.52. The first-order chi connectivity index (χ1) is 9.17. The predicted octanol–water partition coefficient (Wildman–Crippen LogP) is 2.92. The lowest BCUT2D eigenvalue weighted by Gasteiger charge is -2.12. The molecule has 1 aliphatic rings. The molecule has 2 rings (SSSR count). The Balaban J connectivity index is 1.88. The summed E-state index contributed by atoms with van der Waals surface area (Å²) in [6.45, 7) is 2.56. The molecule has 1 heterocycles. The number of rotatable bonds is 7. The van der Waals surface area contributed by atoms with Crippen LogP contribution in [-0.2, 0) is 9.53 Å². The molecule has 0 unspecified atom stereocenters. The van der Waals surface area contributed by atoms with Crippen molar-refractivity contribution in [1.29, 1.82) is 0 Å². The molecule has 104 valence electrons. The van der Waals surface area contributed by atoms with Crippen molar-refractivity contribution in [2.75, 3.05) is 19.5 Å². The van der Waals surface area contributed by atoms with E-state index in [2.05, 4.69) is 4.98 Å². The van der Waals surface area contributed by atoms with Crippen molar-refractivity contribution in [3.8, 4) is 5.88 Å². The Bertz CT molecular complexity index is 446. The first kappa shape index (κ1) is 14.2. The number of carbonyl (C=O) groups is 1.